The number of aromatic nitrogens is 1. The molecule has 1 heterocycles. The van der Waals surface area contributed by atoms with Gasteiger partial charge in [-0.05, 0) is 24.9 Å². The van der Waals surface area contributed by atoms with Crippen molar-refractivity contribution in [3.05, 3.63) is 40.0 Å². The number of nitrogens with zero attached hydrogens (tertiary/aromatic N) is 4. The molecule has 0 spiro atoms. The van der Waals surface area contributed by atoms with Crippen molar-refractivity contribution in [3.8, 4) is 0 Å². The molecule has 0 aliphatic heterocycles. The maximum absolute atomic E-state index is 9.84. The lowest BCUT2D eigenvalue weighted by Crippen LogP contribution is -2.20. The number of aliphatic hydroxyl groups is 2. The lowest BCUT2D eigenvalue weighted by molar-refractivity contribution is 0.0144. The average molecular weight is 222 g/mol. The summed E-state index contributed by atoms with van der Waals surface area (Å²) in [6.45, 7) is 1.92. The van der Waals surface area contributed by atoms with E-state index in [1.54, 1.807) is 25.3 Å². The van der Waals surface area contributed by atoms with Gasteiger partial charge in [0.1, 0.15) is 6.10 Å². The molecule has 1 rings (SSSR count). The first-order chi connectivity index (χ1) is 7.66. The Labute approximate surface area is 93.2 Å². The zero-order chi connectivity index (χ0) is 12.0. The van der Waals surface area contributed by atoms with Gasteiger partial charge in [-0.1, -0.05) is 11.2 Å². The minimum Gasteiger partial charge on any atom is -0.390 e. The SMILES string of the molecule is Cc1ncccc1C(O)C(O)CCN=[N+]=[N-]. The summed E-state index contributed by atoms with van der Waals surface area (Å²) in [5.41, 5.74) is 9.36. The topological polar surface area (TPSA) is 102 Å². The minimum absolute atomic E-state index is 0.161. The highest BCUT2D eigenvalue weighted by atomic mass is 16.3. The van der Waals surface area contributed by atoms with Gasteiger partial charge in [0.05, 0.1) is 6.10 Å². The summed E-state index contributed by atoms with van der Waals surface area (Å²) in [6.07, 6.45) is -0.103. The van der Waals surface area contributed by atoms with Crippen LogP contribution in [0.25, 0.3) is 10.4 Å². The maximum atomic E-state index is 9.84. The van der Waals surface area contributed by atoms with Crippen LogP contribution in [-0.2, 0) is 0 Å². The van der Waals surface area contributed by atoms with Crippen LogP contribution >= 0.6 is 0 Å². The highest BCUT2D eigenvalue weighted by Gasteiger charge is 2.19. The van der Waals surface area contributed by atoms with E-state index in [-0.39, 0.29) is 13.0 Å². The van der Waals surface area contributed by atoms with E-state index in [0.717, 1.165) is 0 Å². The van der Waals surface area contributed by atoms with Gasteiger partial charge in [0.25, 0.3) is 0 Å². The van der Waals surface area contributed by atoms with Crippen LogP contribution in [0.15, 0.2) is 23.4 Å². The van der Waals surface area contributed by atoms with Gasteiger partial charge >= 0.3 is 0 Å². The largest absolute Gasteiger partial charge is 0.390 e. The minimum atomic E-state index is -0.998. The summed E-state index contributed by atoms with van der Waals surface area (Å²) in [5, 5.41) is 22.8. The third-order valence-electron chi connectivity index (χ3n) is 2.32. The molecule has 1 aromatic rings. The van der Waals surface area contributed by atoms with Crippen LogP contribution in [0.1, 0.15) is 23.8 Å². The molecule has 0 aromatic carbocycles. The van der Waals surface area contributed by atoms with Crippen LogP contribution in [0, 0.1) is 6.92 Å². The molecule has 6 heteroatoms. The molecular weight excluding hydrogens is 208 g/mol. The second-order valence-electron chi connectivity index (χ2n) is 3.43. The molecule has 0 amide bonds. The van der Waals surface area contributed by atoms with Crippen molar-refractivity contribution in [2.75, 3.05) is 6.54 Å². The lowest BCUT2D eigenvalue weighted by Gasteiger charge is -2.18. The Morgan fingerprint density at radius 3 is 2.94 bits per heavy atom. The number of azide groups is 1. The van der Waals surface area contributed by atoms with Crippen molar-refractivity contribution in [2.45, 2.75) is 25.6 Å². The Morgan fingerprint density at radius 2 is 2.31 bits per heavy atom. The number of aliphatic hydroxyl groups excluding tert-OH is 2. The zero-order valence-electron chi connectivity index (χ0n) is 8.98. The van der Waals surface area contributed by atoms with E-state index < -0.39 is 12.2 Å². The van der Waals surface area contributed by atoms with Gasteiger partial charge in [0.15, 0.2) is 0 Å². The molecule has 0 aliphatic rings. The van der Waals surface area contributed by atoms with Crippen LogP contribution in [0.3, 0.4) is 0 Å². The van der Waals surface area contributed by atoms with Crippen LogP contribution < -0.4 is 0 Å². The summed E-state index contributed by atoms with van der Waals surface area (Å²) >= 11 is 0. The van der Waals surface area contributed by atoms with Gasteiger partial charge in [0, 0.05) is 28.9 Å². The average Bonchev–Trinajstić information content (AvgIpc) is 2.29. The summed E-state index contributed by atoms with van der Waals surface area (Å²) in [4.78, 5) is 6.60. The van der Waals surface area contributed by atoms with Gasteiger partial charge in [0.2, 0.25) is 0 Å². The Bertz CT molecular complexity index is 390. The molecule has 2 N–H and O–H groups in total. The smallest absolute Gasteiger partial charge is 0.107 e. The van der Waals surface area contributed by atoms with Gasteiger partial charge in [-0.3, -0.25) is 4.98 Å². The van der Waals surface area contributed by atoms with Crippen molar-refractivity contribution >= 4 is 0 Å². The molecule has 86 valence electrons. The monoisotopic (exact) mass is 222 g/mol. The fourth-order valence-corrected chi connectivity index (χ4v) is 1.41. The normalized spacial score (nSPS) is 13.9. The highest BCUT2D eigenvalue weighted by Crippen LogP contribution is 2.20. The Morgan fingerprint density at radius 1 is 1.56 bits per heavy atom. The fourth-order valence-electron chi connectivity index (χ4n) is 1.41. The molecule has 16 heavy (non-hydrogen) atoms. The lowest BCUT2D eigenvalue weighted by atomic mass is 10.0. The van der Waals surface area contributed by atoms with E-state index in [1.807, 2.05) is 0 Å². The zero-order valence-corrected chi connectivity index (χ0v) is 8.98. The Balaban J connectivity index is 2.66. The van der Waals surface area contributed by atoms with Crippen LogP contribution in [0.5, 0.6) is 0 Å². The third-order valence-corrected chi connectivity index (χ3v) is 2.32. The second-order valence-corrected chi connectivity index (χ2v) is 3.43. The molecule has 0 radical (unpaired) electrons. The number of hydrogen-bond donors (Lipinski definition) is 2. The second kappa shape index (κ2) is 6.07. The third kappa shape index (κ3) is 3.20. The maximum Gasteiger partial charge on any atom is 0.107 e. The first-order valence-electron chi connectivity index (χ1n) is 4.95. The number of hydrogen-bond acceptors (Lipinski definition) is 4. The quantitative estimate of drug-likeness (QED) is 0.448. The van der Waals surface area contributed by atoms with Crippen molar-refractivity contribution in [2.24, 2.45) is 5.11 Å². The molecule has 0 saturated carbocycles. The van der Waals surface area contributed by atoms with E-state index in [4.69, 9.17) is 5.53 Å². The van der Waals surface area contributed by atoms with Gasteiger partial charge in [-0.25, -0.2) is 0 Å². The van der Waals surface area contributed by atoms with E-state index in [9.17, 15) is 10.2 Å². The van der Waals surface area contributed by atoms with Gasteiger partial charge in [-0.2, -0.15) is 0 Å². The standard InChI is InChI=1S/C10H14N4O2/c1-7-8(3-2-5-12-7)10(16)9(15)4-6-13-14-11/h2-3,5,9-10,15-16H,4,6H2,1H3. The molecule has 0 bridgehead atoms. The fraction of sp³-hybridized carbons (Fsp3) is 0.500. The number of rotatable bonds is 5. The highest BCUT2D eigenvalue weighted by molar-refractivity contribution is 5.21. The van der Waals surface area contributed by atoms with Crippen molar-refractivity contribution in [3.63, 3.8) is 0 Å². The summed E-state index contributed by atoms with van der Waals surface area (Å²) in [6, 6.07) is 3.41. The Kier molecular flexibility index (Phi) is 4.72. The molecule has 0 fully saturated rings. The van der Waals surface area contributed by atoms with Crippen LogP contribution in [0.4, 0.5) is 0 Å². The number of aryl methyl sites for hydroxylation is 1. The molecule has 2 atom stereocenters. The van der Waals surface area contributed by atoms with E-state index in [2.05, 4.69) is 15.0 Å². The van der Waals surface area contributed by atoms with Crippen molar-refractivity contribution < 1.29 is 10.2 Å². The van der Waals surface area contributed by atoms with Crippen LogP contribution in [-0.4, -0.2) is 27.8 Å². The summed E-state index contributed by atoms with van der Waals surface area (Å²) in [5.74, 6) is 0. The predicted molar refractivity (Wildman–Crippen MR) is 58.6 cm³/mol. The van der Waals surface area contributed by atoms with Gasteiger partial charge in [-0.15, -0.1) is 0 Å². The first-order valence-corrected chi connectivity index (χ1v) is 4.95. The Hall–Kier alpha value is -1.62. The molecule has 0 saturated heterocycles. The first kappa shape index (κ1) is 12.4. The summed E-state index contributed by atoms with van der Waals surface area (Å²) < 4.78 is 0. The van der Waals surface area contributed by atoms with Crippen molar-refractivity contribution in [1.82, 2.24) is 4.98 Å². The van der Waals surface area contributed by atoms with Crippen molar-refractivity contribution in [1.29, 1.82) is 0 Å². The molecular formula is C10H14N4O2. The molecule has 1 aromatic heterocycles. The van der Waals surface area contributed by atoms with E-state index >= 15 is 0 Å². The summed E-state index contributed by atoms with van der Waals surface area (Å²) in [7, 11) is 0. The van der Waals surface area contributed by atoms with Gasteiger partial charge < -0.3 is 10.2 Å². The molecule has 0 aliphatic carbocycles. The van der Waals surface area contributed by atoms with E-state index in [0.29, 0.717) is 11.3 Å². The molecule has 2 unspecified atom stereocenters. The molecule has 6 nitrogen and oxygen atoms in total. The predicted octanol–water partition coefficient (Wildman–Crippen LogP) is 1.48. The van der Waals surface area contributed by atoms with Crippen LogP contribution in [0.2, 0.25) is 0 Å². The van der Waals surface area contributed by atoms with E-state index in [1.165, 1.54) is 0 Å². The number of pyridine rings is 1.